The van der Waals surface area contributed by atoms with Crippen molar-refractivity contribution in [3.8, 4) is 0 Å². The van der Waals surface area contributed by atoms with Gasteiger partial charge in [-0.15, -0.1) is 0 Å². The fourth-order valence-electron chi connectivity index (χ4n) is 1.78. The Balaban J connectivity index is 2.57. The number of nitrogens with one attached hydrogen (secondary N) is 2. The Hall–Kier alpha value is -1.11. The van der Waals surface area contributed by atoms with E-state index in [0.717, 1.165) is 25.8 Å². The molecule has 0 atom stereocenters. The minimum Gasteiger partial charge on any atom is -0.384 e. The summed E-state index contributed by atoms with van der Waals surface area (Å²) in [7, 11) is -3.51. The van der Waals surface area contributed by atoms with E-state index in [1.54, 1.807) is 18.2 Å². The van der Waals surface area contributed by atoms with Crippen LogP contribution in [0.15, 0.2) is 29.2 Å². The lowest BCUT2D eigenvalue weighted by Crippen LogP contribution is -2.28. The van der Waals surface area contributed by atoms with Crippen LogP contribution in [0.4, 0.5) is 5.69 Å². The van der Waals surface area contributed by atoms with Crippen molar-refractivity contribution >= 4 is 15.7 Å². The van der Waals surface area contributed by atoms with E-state index in [1.165, 1.54) is 0 Å². The fraction of sp³-hybridized carbons (Fsp3) is 0.600. The highest BCUT2D eigenvalue weighted by atomic mass is 32.2. The van der Waals surface area contributed by atoms with Crippen LogP contribution in [0.3, 0.4) is 0 Å². The minimum absolute atomic E-state index is 0.284. The van der Waals surface area contributed by atoms with Crippen molar-refractivity contribution < 1.29 is 13.2 Å². The molecule has 0 aliphatic heterocycles. The zero-order chi connectivity index (χ0) is 15.6. The van der Waals surface area contributed by atoms with Crippen molar-refractivity contribution in [2.75, 3.05) is 31.6 Å². The molecule has 5 nitrogen and oxygen atoms in total. The molecule has 2 N–H and O–H groups in total. The van der Waals surface area contributed by atoms with Crippen molar-refractivity contribution in [1.82, 2.24) is 4.72 Å². The van der Waals surface area contributed by atoms with E-state index in [1.807, 2.05) is 13.0 Å². The van der Waals surface area contributed by atoms with Crippen LogP contribution in [0.5, 0.6) is 0 Å². The highest BCUT2D eigenvalue weighted by molar-refractivity contribution is 7.89. The van der Waals surface area contributed by atoms with Crippen LogP contribution in [0.2, 0.25) is 0 Å². The molecule has 0 aromatic heterocycles. The van der Waals surface area contributed by atoms with Gasteiger partial charge in [0.2, 0.25) is 10.0 Å². The van der Waals surface area contributed by atoms with Gasteiger partial charge in [0, 0.05) is 19.7 Å². The molecule has 1 aromatic carbocycles. The maximum atomic E-state index is 12.3. The van der Waals surface area contributed by atoms with E-state index in [0.29, 0.717) is 18.9 Å². The van der Waals surface area contributed by atoms with Gasteiger partial charge in [0.05, 0.1) is 12.3 Å². The SMILES string of the molecule is CCCCOCCNS(=O)(=O)c1ccccc1NCCC. The molecule has 0 heterocycles. The number of para-hydroxylation sites is 1. The molecule has 0 aliphatic carbocycles. The molecule has 1 rings (SSSR count). The summed E-state index contributed by atoms with van der Waals surface area (Å²) in [5, 5.41) is 3.14. The van der Waals surface area contributed by atoms with Gasteiger partial charge in [-0.3, -0.25) is 0 Å². The summed E-state index contributed by atoms with van der Waals surface area (Å²) in [5.41, 5.74) is 0.638. The third-order valence-corrected chi connectivity index (χ3v) is 4.44. The third-order valence-electron chi connectivity index (χ3n) is 2.92. The summed E-state index contributed by atoms with van der Waals surface area (Å²) < 4.78 is 32.5. The van der Waals surface area contributed by atoms with Crippen LogP contribution >= 0.6 is 0 Å². The average molecular weight is 314 g/mol. The molecule has 0 aliphatic rings. The van der Waals surface area contributed by atoms with E-state index < -0.39 is 10.0 Å². The van der Waals surface area contributed by atoms with Gasteiger partial charge in [-0.1, -0.05) is 32.4 Å². The predicted octanol–water partition coefficient (Wildman–Crippen LogP) is 2.60. The maximum absolute atomic E-state index is 12.3. The van der Waals surface area contributed by atoms with Crippen LogP contribution in [0, 0.1) is 0 Å². The van der Waals surface area contributed by atoms with Crippen LogP contribution < -0.4 is 10.0 Å². The van der Waals surface area contributed by atoms with Gasteiger partial charge in [-0.2, -0.15) is 0 Å². The van der Waals surface area contributed by atoms with E-state index in [-0.39, 0.29) is 11.4 Å². The number of unbranched alkanes of at least 4 members (excludes halogenated alkanes) is 1. The van der Waals surface area contributed by atoms with Crippen LogP contribution in [-0.2, 0) is 14.8 Å². The summed E-state index contributed by atoms with van der Waals surface area (Å²) in [6, 6.07) is 6.94. The molecule has 0 saturated carbocycles. The first-order valence-corrected chi connectivity index (χ1v) is 9.00. The highest BCUT2D eigenvalue weighted by Gasteiger charge is 2.17. The first-order chi connectivity index (χ1) is 10.1. The molecule has 0 unspecified atom stereocenters. The van der Waals surface area contributed by atoms with Gasteiger partial charge in [0.15, 0.2) is 0 Å². The lowest BCUT2D eigenvalue weighted by Gasteiger charge is -2.12. The molecule has 0 bridgehead atoms. The molecule has 0 saturated heterocycles. The Morgan fingerprint density at radius 3 is 2.52 bits per heavy atom. The second-order valence-corrected chi connectivity index (χ2v) is 6.52. The number of benzene rings is 1. The standard InChI is InChI=1S/C15H26N2O3S/c1-3-5-12-20-13-11-17-21(18,19)15-9-7-6-8-14(15)16-10-4-2/h6-9,16-17H,3-5,10-13H2,1-2H3. The van der Waals surface area contributed by atoms with Gasteiger partial charge in [-0.25, -0.2) is 13.1 Å². The summed E-state index contributed by atoms with van der Waals surface area (Å²) in [6.45, 7) is 6.22. The van der Waals surface area contributed by atoms with Crippen LogP contribution in [0.1, 0.15) is 33.1 Å². The quantitative estimate of drug-likeness (QED) is 0.616. The van der Waals surface area contributed by atoms with Gasteiger partial charge < -0.3 is 10.1 Å². The van der Waals surface area contributed by atoms with Crippen molar-refractivity contribution in [2.45, 2.75) is 38.0 Å². The number of hydrogen-bond donors (Lipinski definition) is 2. The molecular formula is C15H26N2O3S. The molecule has 1 aromatic rings. The first-order valence-electron chi connectivity index (χ1n) is 7.52. The molecule has 0 radical (unpaired) electrons. The molecular weight excluding hydrogens is 288 g/mol. The Morgan fingerprint density at radius 2 is 1.81 bits per heavy atom. The zero-order valence-corrected chi connectivity index (χ0v) is 13.7. The summed E-state index contributed by atoms with van der Waals surface area (Å²) in [6.07, 6.45) is 3.01. The third kappa shape index (κ3) is 6.46. The number of hydrogen-bond acceptors (Lipinski definition) is 4. The topological polar surface area (TPSA) is 67.4 Å². The van der Waals surface area contributed by atoms with E-state index >= 15 is 0 Å². The molecule has 0 spiro atoms. The lowest BCUT2D eigenvalue weighted by atomic mass is 10.3. The van der Waals surface area contributed by atoms with Crippen molar-refractivity contribution in [2.24, 2.45) is 0 Å². The first kappa shape index (κ1) is 17.9. The Labute approximate surface area is 128 Å². The Bertz CT molecular complexity index is 503. The van der Waals surface area contributed by atoms with E-state index in [4.69, 9.17) is 4.74 Å². The van der Waals surface area contributed by atoms with Crippen LogP contribution in [0.25, 0.3) is 0 Å². The van der Waals surface area contributed by atoms with Crippen molar-refractivity contribution in [1.29, 1.82) is 0 Å². The van der Waals surface area contributed by atoms with Gasteiger partial charge in [-0.05, 0) is 25.0 Å². The smallest absolute Gasteiger partial charge is 0.242 e. The highest BCUT2D eigenvalue weighted by Crippen LogP contribution is 2.20. The van der Waals surface area contributed by atoms with E-state index in [9.17, 15) is 8.42 Å². The fourth-order valence-corrected chi connectivity index (χ4v) is 2.98. The molecule has 6 heteroatoms. The number of rotatable bonds is 11. The van der Waals surface area contributed by atoms with Crippen molar-refractivity contribution in [3.05, 3.63) is 24.3 Å². The largest absolute Gasteiger partial charge is 0.384 e. The predicted molar refractivity (Wildman–Crippen MR) is 86.1 cm³/mol. The Kier molecular flexibility index (Phi) is 8.34. The zero-order valence-electron chi connectivity index (χ0n) is 12.9. The molecule has 120 valence electrons. The second kappa shape index (κ2) is 9.76. The summed E-state index contributed by atoms with van der Waals surface area (Å²) >= 11 is 0. The molecule has 0 amide bonds. The van der Waals surface area contributed by atoms with Gasteiger partial charge >= 0.3 is 0 Å². The molecule has 21 heavy (non-hydrogen) atoms. The van der Waals surface area contributed by atoms with Crippen molar-refractivity contribution in [3.63, 3.8) is 0 Å². The van der Waals surface area contributed by atoms with E-state index in [2.05, 4.69) is 17.0 Å². The molecule has 0 fully saturated rings. The summed E-state index contributed by atoms with van der Waals surface area (Å²) in [4.78, 5) is 0.284. The normalized spacial score (nSPS) is 11.5. The van der Waals surface area contributed by atoms with Gasteiger partial charge in [0.1, 0.15) is 4.90 Å². The Morgan fingerprint density at radius 1 is 1.05 bits per heavy atom. The lowest BCUT2D eigenvalue weighted by molar-refractivity contribution is 0.136. The second-order valence-electron chi connectivity index (χ2n) is 4.79. The average Bonchev–Trinajstić information content (AvgIpc) is 2.49. The maximum Gasteiger partial charge on any atom is 0.242 e. The number of sulfonamides is 1. The monoisotopic (exact) mass is 314 g/mol. The summed E-state index contributed by atoms with van der Waals surface area (Å²) in [5.74, 6) is 0. The number of ether oxygens (including phenoxy) is 1. The van der Waals surface area contributed by atoms with Crippen LogP contribution in [-0.4, -0.2) is 34.7 Å². The van der Waals surface area contributed by atoms with Gasteiger partial charge in [0.25, 0.3) is 0 Å². The number of anilines is 1. The minimum atomic E-state index is -3.51.